The van der Waals surface area contributed by atoms with Crippen LogP contribution >= 0.6 is 0 Å². The van der Waals surface area contributed by atoms with Crippen LogP contribution in [0.1, 0.15) is 24.8 Å². The molecule has 0 bridgehead atoms. The lowest BCUT2D eigenvalue weighted by atomic mass is 10.0. The van der Waals surface area contributed by atoms with Gasteiger partial charge in [-0.25, -0.2) is 9.59 Å². The van der Waals surface area contributed by atoms with Crippen LogP contribution in [0.5, 0.6) is 0 Å². The Morgan fingerprint density at radius 3 is 2.45 bits per heavy atom. The highest BCUT2D eigenvalue weighted by atomic mass is 16.4. The third-order valence-corrected chi connectivity index (χ3v) is 2.96. The lowest BCUT2D eigenvalue weighted by molar-refractivity contribution is -0.139. The van der Waals surface area contributed by atoms with Crippen LogP contribution in [0.25, 0.3) is 0 Å². The maximum atomic E-state index is 11.6. The average Bonchev–Trinajstić information content (AvgIpc) is 2.45. The molecule has 4 N–H and O–H groups in total. The zero-order valence-corrected chi connectivity index (χ0v) is 11.4. The van der Waals surface area contributed by atoms with Crippen LogP contribution in [0.15, 0.2) is 30.3 Å². The highest BCUT2D eigenvalue weighted by molar-refractivity contribution is 5.82. The molecule has 1 unspecified atom stereocenters. The first-order chi connectivity index (χ1) is 9.54. The van der Waals surface area contributed by atoms with Gasteiger partial charge in [0.25, 0.3) is 0 Å². The number of aliphatic hydroxyl groups is 1. The molecular formula is C14H20N2O4. The number of hydrogen-bond donors (Lipinski definition) is 4. The number of hydrogen-bond acceptors (Lipinski definition) is 3. The van der Waals surface area contributed by atoms with Crippen molar-refractivity contribution < 1.29 is 19.8 Å². The number of carboxylic acids is 1. The minimum atomic E-state index is -1.16. The summed E-state index contributed by atoms with van der Waals surface area (Å²) in [6, 6.07) is 8.08. The average molecular weight is 280 g/mol. The fourth-order valence-electron chi connectivity index (χ4n) is 1.74. The summed E-state index contributed by atoms with van der Waals surface area (Å²) in [7, 11) is 0. The second kappa shape index (κ2) is 8.16. The molecule has 0 aromatic heterocycles. The fourth-order valence-corrected chi connectivity index (χ4v) is 1.74. The van der Waals surface area contributed by atoms with Crippen LogP contribution in [-0.4, -0.2) is 41.4 Å². The molecule has 0 aliphatic carbocycles. The van der Waals surface area contributed by atoms with Crippen LogP contribution in [0, 0.1) is 0 Å². The standard InChI is InChI=1S/C14H20N2O4/c1-10(11-5-3-2-4-6-11)9-15-14(20)16-12(7-8-17)13(18)19/h2-6,10,12,17H,7-9H2,1H3,(H,18,19)(H2,15,16,20)/t10?,12-/m1/s1. The summed E-state index contributed by atoms with van der Waals surface area (Å²) < 4.78 is 0. The van der Waals surface area contributed by atoms with Crippen LogP contribution in [0.3, 0.4) is 0 Å². The molecule has 0 aliphatic rings. The molecule has 1 rings (SSSR count). The van der Waals surface area contributed by atoms with E-state index in [1.54, 1.807) is 0 Å². The monoisotopic (exact) mass is 280 g/mol. The van der Waals surface area contributed by atoms with Crippen molar-refractivity contribution in [1.82, 2.24) is 10.6 Å². The number of carboxylic acid groups (broad SMARTS) is 1. The van der Waals surface area contributed by atoms with Gasteiger partial charge >= 0.3 is 12.0 Å². The van der Waals surface area contributed by atoms with Gasteiger partial charge in [0, 0.05) is 19.6 Å². The van der Waals surface area contributed by atoms with Crippen molar-refractivity contribution in [2.45, 2.75) is 25.3 Å². The predicted octanol–water partition coefficient (Wildman–Crippen LogP) is 0.925. The number of rotatable bonds is 7. The van der Waals surface area contributed by atoms with Crippen LogP contribution in [0.2, 0.25) is 0 Å². The smallest absolute Gasteiger partial charge is 0.326 e. The Labute approximate surface area is 117 Å². The maximum Gasteiger partial charge on any atom is 0.326 e. The second-order valence-electron chi connectivity index (χ2n) is 4.57. The van der Waals surface area contributed by atoms with Crippen molar-refractivity contribution in [2.24, 2.45) is 0 Å². The number of carbonyl (C=O) groups is 2. The van der Waals surface area contributed by atoms with Crippen molar-refractivity contribution in [3.8, 4) is 0 Å². The molecule has 2 atom stereocenters. The van der Waals surface area contributed by atoms with Crippen molar-refractivity contribution in [3.63, 3.8) is 0 Å². The zero-order chi connectivity index (χ0) is 15.0. The molecular weight excluding hydrogens is 260 g/mol. The number of carbonyl (C=O) groups excluding carboxylic acids is 1. The van der Waals surface area contributed by atoms with Gasteiger partial charge in [-0.2, -0.15) is 0 Å². The SMILES string of the molecule is CC(CNC(=O)N[C@H](CCO)C(=O)O)c1ccccc1. The summed E-state index contributed by atoms with van der Waals surface area (Å²) in [6.45, 7) is 2.08. The Hall–Kier alpha value is -2.08. The molecule has 6 heteroatoms. The van der Waals surface area contributed by atoms with E-state index in [0.717, 1.165) is 5.56 Å². The summed E-state index contributed by atoms with van der Waals surface area (Å²) in [5.41, 5.74) is 1.10. The van der Waals surface area contributed by atoms with Crippen LogP contribution < -0.4 is 10.6 Å². The van der Waals surface area contributed by atoms with Crippen LogP contribution in [-0.2, 0) is 4.79 Å². The quantitative estimate of drug-likeness (QED) is 0.597. The maximum absolute atomic E-state index is 11.6. The summed E-state index contributed by atoms with van der Waals surface area (Å²) in [5.74, 6) is -1.03. The Balaban J connectivity index is 2.41. The van der Waals surface area contributed by atoms with Crippen molar-refractivity contribution in [3.05, 3.63) is 35.9 Å². The summed E-state index contributed by atoms with van der Waals surface area (Å²) in [4.78, 5) is 22.4. The third-order valence-electron chi connectivity index (χ3n) is 2.96. The van der Waals surface area contributed by atoms with E-state index >= 15 is 0 Å². The van der Waals surface area contributed by atoms with Crippen molar-refractivity contribution in [2.75, 3.05) is 13.2 Å². The van der Waals surface area contributed by atoms with Gasteiger partial charge in [0.2, 0.25) is 0 Å². The Morgan fingerprint density at radius 1 is 1.25 bits per heavy atom. The Kier molecular flexibility index (Phi) is 6.52. The minimum Gasteiger partial charge on any atom is -0.480 e. The van der Waals surface area contributed by atoms with Crippen molar-refractivity contribution in [1.29, 1.82) is 0 Å². The third kappa shape index (κ3) is 5.27. The van der Waals surface area contributed by atoms with E-state index in [2.05, 4.69) is 10.6 Å². The molecule has 2 amide bonds. The summed E-state index contributed by atoms with van der Waals surface area (Å²) in [6.07, 6.45) is -0.0169. The molecule has 1 aromatic rings. The molecule has 0 spiro atoms. The molecule has 0 fully saturated rings. The van der Waals surface area contributed by atoms with E-state index in [9.17, 15) is 9.59 Å². The zero-order valence-electron chi connectivity index (χ0n) is 11.4. The topological polar surface area (TPSA) is 98.7 Å². The molecule has 6 nitrogen and oxygen atoms in total. The lowest BCUT2D eigenvalue weighted by Crippen LogP contribution is -2.47. The predicted molar refractivity (Wildman–Crippen MR) is 74.5 cm³/mol. The van der Waals surface area contributed by atoms with Crippen molar-refractivity contribution >= 4 is 12.0 Å². The number of nitrogens with one attached hydrogen (secondary N) is 2. The van der Waals surface area contributed by atoms with Gasteiger partial charge in [0.05, 0.1) is 0 Å². The van der Waals surface area contributed by atoms with Gasteiger partial charge in [-0.15, -0.1) is 0 Å². The number of aliphatic carboxylic acids is 1. The first kappa shape index (κ1) is 16.0. The van der Waals surface area contributed by atoms with Gasteiger partial charge in [-0.1, -0.05) is 37.3 Å². The molecule has 0 heterocycles. The highest BCUT2D eigenvalue weighted by Crippen LogP contribution is 2.12. The molecule has 20 heavy (non-hydrogen) atoms. The second-order valence-corrected chi connectivity index (χ2v) is 4.57. The minimum absolute atomic E-state index is 0.0169. The summed E-state index contributed by atoms with van der Waals surface area (Å²) >= 11 is 0. The van der Waals surface area contributed by atoms with E-state index in [-0.39, 0.29) is 18.9 Å². The van der Waals surface area contributed by atoms with E-state index < -0.39 is 18.0 Å². The fraction of sp³-hybridized carbons (Fsp3) is 0.429. The highest BCUT2D eigenvalue weighted by Gasteiger charge is 2.19. The van der Waals surface area contributed by atoms with Gasteiger partial charge in [0.15, 0.2) is 0 Å². The van der Waals surface area contributed by atoms with Gasteiger partial charge < -0.3 is 20.8 Å². The number of amides is 2. The molecule has 0 saturated heterocycles. The van der Waals surface area contributed by atoms with E-state index in [0.29, 0.717) is 6.54 Å². The van der Waals surface area contributed by atoms with Crippen LogP contribution in [0.4, 0.5) is 4.79 Å². The van der Waals surface area contributed by atoms with Gasteiger partial charge in [-0.05, 0) is 11.5 Å². The largest absolute Gasteiger partial charge is 0.480 e. The first-order valence-electron chi connectivity index (χ1n) is 6.47. The van der Waals surface area contributed by atoms with Gasteiger partial charge in [-0.3, -0.25) is 0 Å². The summed E-state index contributed by atoms with van der Waals surface area (Å²) in [5, 5.41) is 22.5. The lowest BCUT2D eigenvalue weighted by Gasteiger charge is -2.16. The van der Waals surface area contributed by atoms with E-state index in [4.69, 9.17) is 10.2 Å². The van der Waals surface area contributed by atoms with E-state index in [1.165, 1.54) is 0 Å². The number of benzene rings is 1. The molecule has 0 radical (unpaired) electrons. The Bertz CT molecular complexity index is 436. The molecule has 0 aliphatic heterocycles. The first-order valence-corrected chi connectivity index (χ1v) is 6.47. The molecule has 110 valence electrons. The molecule has 1 aromatic carbocycles. The number of urea groups is 1. The van der Waals surface area contributed by atoms with Gasteiger partial charge in [0.1, 0.15) is 6.04 Å². The Morgan fingerprint density at radius 2 is 1.90 bits per heavy atom. The normalized spacial score (nSPS) is 13.3. The number of aliphatic hydroxyl groups excluding tert-OH is 1. The molecule has 0 saturated carbocycles. The van der Waals surface area contributed by atoms with E-state index in [1.807, 2.05) is 37.3 Å².